The Morgan fingerprint density at radius 1 is 1.11 bits per heavy atom. The van der Waals surface area contributed by atoms with Crippen molar-refractivity contribution in [1.29, 1.82) is 0 Å². The topological polar surface area (TPSA) is 57.7 Å². The Morgan fingerprint density at radius 2 is 1.58 bits per heavy atom. The molecule has 5 nitrogen and oxygen atoms in total. The van der Waals surface area contributed by atoms with Crippen LogP contribution >= 0.6 is 0 Å². The van der Waals surface area contributed by atoms with Crippen LogP contribution in [0.5, 0.6) is 0 Å². The summed E-state index contributed by atoms with van der Waals surface area (Å²) >= 11 is 0. The van der Waals surface area contributed by atoms with Gasteiger partial charge in [0.25, 0.3) is 5.91 Å². The van der Waals surface area contributed by atoms with E-state index in [-0.39, 0.29) is 5.91 Å². The Labute approximate surface area is 114 Å². The van der Waals surface area contributed by atoms with Gasteiger partial charge >= 0.3 is 0 Å². The third-order valence-electron chi connectivity index (χ3n) is 3.03. The maximum atomic E-state index is 12.1. The van der Waals surface area contributed by atoms with Crippen molar-refractivity contribution >= 4 is 21.6 Å². The van der Waals surface area contributed by atoms with E-state index >= 15 is 0 Å². The van der Waals surface area contributed by atoms with E-state index in [0.29, 0.717) is 24.3 Å². The fraction of sp³-hybridized carbons (Fsp3) is 0.462. The van der Waals surface area contributed by atoms with Crippen LogP contribution in [0.1, 0.15) is 24.2 Å². The quantitative estimate of drug-likeness (QED) is 0.824. The van der Waals surface area contributed by atoms with E-state index in [0.717, 1.165) is 6.26 Å². The molecule has 1 amide bonds. The van der Waals surface area contributed by atoms with Crippen LogP contribution in [-0.2, 0) is 10.0 Å². The Morgan fingerprint density at radius 3 is 1.95 bits per heavy atom. The molecule has 0 fully saturated rings. The Kier molecular flexibility index (Phi) is 4.94. The molecular weight excluding hydrogens is 264 g/mol. The molecule has 0 aromatic heterocycles. The third kappa shape index (κ3) is 3.70. The normalized spacial score (nSPS) is 11.2. The minimum Gasteiger partial charge on any atom is -0.339 e. The first kappa shape index (κ1) is 15.5. The largest absolute Gasteiger partial charge is 0.339 e. The first-order chi connectivity index (χ1) is 8.81. The maximum Gasteiger partial charge on any atom is 0.253 e. The zero-order valence-electron chi connectivity index (χ0n) is 11.8. The van der Waals surface area contributed by atoms with Crippen molar-refractivity contribution in [1.82, 2.24) is 4.90 Å². The molecule has 0 aliphatic rings. The van der Waals surface area contributed by atoms with E-state index in [1.54, 1.807) is 29.2 Å². The zero-order chi connectivity index (χ0) is 14.6. The van der Waals surface area contributed by atoms with Gasteiger partial charge in [-0.15, -0.1) is 0 Å². The van der Waals surface area contributed by atoms with E-state index in [1.807, 2.05) is 13.8 Å². The van der Waals surface area contributed by atoms with E-state index in [1.165, 1.54) is 11.4 Å². The molecule has 6 heteroatoms. The molecule has 0 unspecified atom stereocenters. The lowest BCUT2D eigenvalue weighted by Crippen LogP contribution is -2.30. The van der Waals surface area contributed by atoms with Crippen molar-refractivity contribution in [2.24, 2.45) is 0 Å². The summed E-state index contributed by atoms with van der Waals surface area (Å²) in [5.74, 6) is -0.0430. The fourth-order valence-electron chi connectivity index (χ4n) is 1.70. The van der Waals surface area contributed by atoms with Gasteiger partial charge in [0, 0.05) is 25.7 Å². The van der Waals surface area contributed by atoms with E-state index < -0.39 is 10.0 Å². The lowest BCUT2D eigenvalue weighted by Gasteiger charge is -2.20. The highest BCUT2D eigenvalue weighted by molar-refractivity contribution is 7.92. The molecule has 0 bridgehead atoms. The van der Waals surface area contributed by atoms with Crippen molar-refractivity contribution in [2.45, 2.75) is 13.8 Å². The van der Waals surface area contributed by atoms with Gasteiger partial charge in [0.1, 0.15) is 0 Å². The number of carbonyl (C=O) groups is 1. The number of hydrogen-bond acceptors (Lipinski definition) is 3. The van der Waals surface area contributed by atoms with Crippen molar-refractivity contribution in [2.75, 3.05) is 30.7 Å². The highest BCUT2D eigenvalue weighted by Gasteiger charge is 2.15. The second-order valence-electron chi connectivity index (χ2n) is 4.25. The molecule has 19 heavy (non-hydrogen) atoms. The van der Waals surface area contributed by atoms with Crippen molar-refractivity contribution in [3.05, 3.63) is 29.8 Å². The minimum absolute atomic E-state index is 0.0430. The summed E-state index contributed by atoms with van der Waals surface area (Å²) < 4.78 is 24.0. The van der Waals surface area contributed by atoms with E-state index in [9.17, 15) is 13.2 Å². The molecule has 106 valence electrons. The number of amides is 1. The smallest absolute Gasteiger partial charge is 0.253 e. The van der Waals surface area contributed by atoms with E-state index in [2.05, 4.69) is 0 Å². The summed E-state index contributed by atoms with van der Waals surface area (Å²) in [5, 5.41) is 0. The van der Waals surface area contributed by atoms with Gasteiger partial charge in [-0.25, -0.2) is 8.42 Å². The fourth-order valence-corrected chi connectivity index (χ4v) is 2.20. The first-order valence-corrected chi connectivity index (χ1v) is 7.99. The average molecular weight is 284 g/mol. The molecule has 0 aliphatic carbocycles. The molecule has 0 heterocycles. The average Bonchev–Trinajstić information content (AvgIpc) is 2.38. The molecule has 0 radical (unpaired) electrons. The van der Waals surface area contributed by atoms with Crippen LogP contribution in [0.15, 0.2) is 24.3 Å². The molecule has 1 aromatic carbocycles. The lowest BCUT2D eigenvalue weighted by atomic mass is 10.2. The second-order valence-corrected chi connectivity index (χ2v) is 6.27. The van der Waals surface area contributed by atoms with E-state index in [4.69, 9.17) is 0 Å². The summed E-state index contributed by atoms with van der Waals surface area (Å²) in [6.07, 6.45) is 1.14. The van der Waals surface area contributed by atoms with Crippen LogP contribution in [0.25, 0.3) is 0 Å². The third-order valence-corrected chi connectivity index (χ3v) is 4.23. The van der Waals surface area contributed by atoms with Crippen LogP contribution in [0.2, 0.25) is 0 Å². The predicted molar refractivity (Wildman–Crippen MR) is 76.9 cm³/mol. The Balaban J connectivity index is 2.97. The SMILES string of the molecule is CCN(CC)C(=O)c1ccc(N(C)S(C)(=O)=O)cc1. The molecule has 0 N–H and O–H groups in total. The maximum absolute atomic E-state index is 12.1. The summed E-state index contributed by atoms with van der Waals surface area (Å²) in [6, 6.07) is 6.57. The molecule has 0 aliphatic heterocycles. The predicted octanol–water partition coefficient (Wildman–Crippen LogP) is 1.56. The van der Waals surface area contributed by atoms with Gasteiger partial charge in [-0.1, -0.05) is 0 Å². The monoisotopic (exact) mass is 284 g/mol. The molecule has 0 spiro atoms. The highest BCUT2D eigenvalue weighted by atomic mass is 32.2. The van der Waals surface area contributed by atoms with Gasteiger partial charge in [0.2, 0.25) is 10.0 Å². The number of anilines is 1. The summed E-state index contributed by atoms with van der Waals surface area (Å²) in [4.78, 5) is 13.8. The van der Waals surface area contributed by atoms with Crippen molar-refractivity contribution in [3.8, 4) is 0 Å². The lowest BCUT2D eigenvalue weighted by molar-refractivity contribution is 0.0773. The summed E-state index contributed by atoms with van der Waals surface area (Å²) in [7, 11) is -1.79. The molecule has 0 atom stereocenters. The van der Waals surface area contributed by atoms with Gasteiger partial charge in [0.05, 0.1) is 11.9 Å². The number of benzene rings is 1. The number of nitrogens with zero attached hydrogens (tertiary/aromatic N) is 2. The molecule has 0 saturated heterocycles. The second kappa shape index (κ2) is 6.06. The van der Waals surface area contributed by atoms with Crippen LogP contribution in [0, 0.1) is 0 Å². The van der Waals surface area contributed by atoms with Crippen LogP contribution in [0.3, 0.4) is 0 Å². The molecule has 1 aromatic rings. The van der Waals surface area contributed by atoms with Crippen molar-refractivity contribution in [3.63, 3.8) is 0 Å². The van der Waals surface area contributed by atoms with Gasteiger partial charge < -0.3 is 4.90 Å². The summed E-state index contributed by atoms with van der Waals surface area (Å²) in [5.41, 5.74) is 1.10. The van der Waals surface area contributed by atoms with Gasteiger partial charge in [0.15, 0.2) is 0 Å². The van der Waals surface area contributed by atoms with Gasteiger partial charge in [-0.3, -0.25) is 9.10 Å². The van der Waals surface area contributed by atoms with Crippen molar-refractivity contribution < 1.29 is 13.2 Å². The van der Waals surface area contributed by atoms with Crippen LogP contribution in [-0.4, -0.2) is 45.6 Å². The minimum atomic E-state index is -3.28. The Hall–Kier alpha value is -1.56. The number of carbonyl (C=O) groups excluding carboxylic acids is 1. The van der Waals surface area contributed by atoms with Crippen LogP contribution < -0.4 is 4.31 Å². The molecule has 0 saturated carbocycles. The number of hydrogen-bond donors (Lipinski definition) is 0. The standard InChI is InChI=1S/C13H20N2O3S/c1-5-15(6-2)13(16)11-7-9-12(10-8-11)14(3)19(4,17)18/h7-10H,5-6H2,1-4H3. The highest BCUT2D eigenvalue weighted by Crippen LogP contribution is 2.17. The van der Waals surface area contributed by atoms with Gasteiger partial charge in [-0.05, 0) is 38.1 Å². The Bertz CT molecular complexity index is 534. The number of sulfonamides is 1. The van der Waals surface area contributed by atoms with Gasteiger partial charge in [-0.2, -0.15) is 0 Å². The first-order valence-electron chi connectivity index (χ1n) is 6.14. The molecule has 1 rings (SSSR count). The number of rotatable bonds is 5. The molecular formula is C13H20N2O3S. The summed E-state index contributed by atoms with van der Waals surface area (Å²) in [6.45, 7) is 5.15. The van der Waals surface area contributed by atoms with Crippen LogP contribution in [0.4, 0.5) is 5.69 Å². The zero-order valence-corrected chi connectivity index (χ0v) is 12.6.